The molecule has 2 atom stereocenters. The van der Waals surface area contributed by atoms with Crippen LogP contribution in [-0.4, -0.2) is 13.6 Å². The van der Waals surface area contributed by atoms with Gasteiger partial charge in [0, 0.05) is 0 Å². The van der Waals surface area contributed by atoms with Crippen LogP contribution in [0.4, 0.5) is 0 Å². The van der Waals surface area contributed by atoms with E-state index >= 15 is 0 Å². The highest BCUT2D eigenvalue weighted by Gasteiger charge is 2.93. The average Bonchev–Trinajstić information content (AvgIpc) is 3.01. The normalized spacial score (nSPS) is 48.9. The van der Waals surface area contributed by atoms with E-state index in [9.17, 15) is 0 Å². The Bertz CT molecular complexity index is 219. The van der Waals surface area contributed by atoms with E-state index in [1.165, 1.54) is 38.6 Å². The molecule has 0 heterocycles. The quantitative estimate of drug-likeness (QED) is 0.642. The molecule has 2 aliphatic carbocycles. The third-order valence-corrected chi connectivity index (χ3v) is 5.76. The summed E-state index contributed by atoms with van der Waals surface area (Å²) >= 11 is 0. The first-order valence-corrected chi connectivity index (χ1v) is 6.29. The molecule has 0 spiro atoms. The fourth-order valence-corrected chi connectivity index (χ4v) is 4.70. The summed E-state index contributed by atoms with van der Waals surface area (Å²) in [6, 6.07) is 0. The van der Waals surface area contributed by atoms with Gasteiger partial charge >= 0.3 is 0 Å². The Kier molecular flexibility index (Phi) is 2.23. The van der Waals surface area contributed by atoms with Gasteiger partial charge in [0.2, 0.25) is 0 Å². The molecule has 0 aromatic heterocycles. The van der Waals surface area contributed by atoms with Crippen molar-refractivity contribution in [3.05, 3.63) is 0 Å². The largest absolute Gasteiger partial charge is 0.320 e. The van der Waals surface area contributed by atoms with E-state index in [1.807, 2.05) is 0 Å². The molecule has 1 N–H and O–H groups in total. The molecule has 2 fully saturated rings. The predicted octanol–water partition coefficient (Wildman–Crippen LogP) is 3.20. The second kappa shape index (κ2) is 2.98. The first-order valence-electron chi connectivity index (χ1n) is 6.29. The van der Waals surface area contributed by atoms with Gasteiger partial charge in [-0.1, -0.05) is 20.8 Å². The van der Waals surface area contributed by atoms with Crippen molar-refractivity contribution >= 4 is 0 Å². The van der Waals surface area contributed by atoms with Crippen molar-refractivity contribution in [2.45, 2.75) is 52.9 Å². The summed E-state index contributed by atoms with van der Waals surface area (Å²) < 4.78 is 0. The van der Waals surface area contributed by atoms with Crippen molar-refractivity contribution in [2.75, 3.05) is 13.6 Å². The number of fused-ring (bicyclic) bond motifs is 1. The van der Waals surface area contributed by atoms with Crippen LogP contribution in [0, 0.1) is 16.2 Å². The predicted molar refractivity (Wildman–Crippen MR) is 61.3 cm³/mol. The summed E-state index contributed by atoms with van der Waals surface area (Å²) in [6.45, 7) is 8.51. The monoisotopic (exact) mass is 195 g/mol. The lowest BCUT2D eigenvalue weighted by atomic mass is 9.80. The van der Waals surface area contributed by atoms with Gasteiger partial charge < -0.3 is 5.32 Å². The topological polar surface area (TPSA) is 12.0 Å². The zero-order valence-corrected chi connectivity index (χ0v) is 10.2. The van der Waals surface area contributed by atoms with Crippen molar-refractivity contribution in [1.82, 2.24) is 5.32 Å². The van der Waals surface area contributed by atoms with E-state index in [-0.39, 0.29) is 0 Å². The Morgan fingerprint density at radius 2 is 1.71 bits per heavy atom. The summed E-state index contributed by atoms with van der Waals surface area (Å²) in [7, 11) is 2.06. The van der Waals surface area contributed by atoms with Gasteiger partial charge in [-0.2, -0.15) is 0 Å². The van der Waals surface area contributed by atoms with Gasteiger partial charge in [-0.3, -0.25) is 0 Å². The van der Waals surface area contributed by atoms with Gasteiger partial charge in [-0.15, -0.1) is 0 Å². The van der Waals surface area contributed by atoms with Crippen molar-refractivity contribution < 1.29 is 0 Å². The molecule has 2 rings (SSSR count). The van der Waals surface area contributed by atoms with E-state index < -0.39 is 0 Å². The first kappa shape index (κ1) is 10.5. The van der Waals surface area contributed by atoms with Crippen LogP contribution in [-0.2, 0) is 0 Å². The van der Waals surface area contributed by atoms with E-state index in [0.29, 0.717) is 5.41 Å². The first-order chi connectivity index (χ1) is 6.64. The molecule has 0 amide bonds. The maximum absolute atomic E-state index is 3.26. The smallest absolute Gasteiger partial charge is 0.00517 e. The van der Waals surface area contributed by atoms with Gasteiger partial charge in [0.1, 0.15) is 0 Å². The Balaban J connectivity index is 1.93. The molecule has 1 heteroatoms. The highest BCUT2D eigenvalue weighted by Crippen LogP contribution is 3.00. The van der Waals surface area contributed by atoms with Crippen LogP contribution in [0.5, 0.6) is 0 Å². The van der Waals surface area contributed by atoms with Crippen molar-refractivity contribution in [2.24, 2.45) is 16.2 Å². The van der Waals surface area contributed by atoms with Gasteiger partial charge in [0.15, 0.2) is 0 Å². The third-order valence-electron chi connectivity index (χ3n) is 5.76. The Morgan fingerprint density at radius 3 is 2.14 bits per heavy atom. The number of rotatable bonds is 6. The summed E-state index contributed by atoms with van der Waals surface area (Å²) in [4.78, 5) is 0. The van der Waals surface area contributed by atoms with Crippen molar-refractivity contribution in [3.8, 4) is 0 Å². The summed E-state index contributed by atoms with van der Waals surface area (Å²) in [5.41, 5.74) is 2.27. The van der Waals surface area contributed by atoms with Gasteiger partial charge in [-0.25, -0.2) is 0 Å². The van der Waals surface area contributed by atoms with Crippen LogP contribution >= 0.6 is 0 Å². The average molecular weight is 195 g/mol. The van der Waals surface area contributed by atoms with E-state index in [0.717, 1.165) is 10.8 Å². The third kappa shape index (κ3) is 0.856. The van der Waals surface area contributed by atoms with E-state index in [2.05, 4.69) is 33.1 Å². The lowest BCUT2D eigenvalue weighted by Gasteiger charge is -2.25. The van der Waals surface area contributed by atoms with Crippen LogP contribution in [0.1, 0.15) is 52.9 Å². The molecule has 2 saturated carbocycles. The van der Waals surface area contributed by atoms with Crippen LogP contribution in [0.3, 0.4) is 0 Å². The number of nitrogens with one attached hydrogen (secondary N) is 1. The maximum atomic E-state index is 3.26. The molecular formula is C13H25N. The molecule has 2 unspecified atom stereocenters. The minimum atomic E-state index is 0.709. The molecule has 0 aromatic carbocycles. The zero-order valence-electron chi connectivity index (χ0n) is 10.2. The molecule has 0 aliphatic heterocycles. The summed E-state index contributed by atoms with van der Waals surface area (Å²) in [5, 5.41) is 3.26. The van der Waals surface area contributed by atoms with Gasteiger partial charge in [0.05, 0.1) is 0 Å². The fourth-order valence-electron chi connectivity index (χ4n) is 4.70. The van der Waals surface area contributed by atoms with Gasteiger partial charge in [0.25, 0.3) is 0 Å². The summed E-state index contributed by atoms with van der Waals surface area (Å²) in [5.74, 6) is 0. The SMILES string of the molecule is CCC12CC1(CC)C2(C)CCCNC. The van der Waals surface area contributed by atoms with Crippen molar-refractivity contribution in [3.63, 3.8) is 0 Å². The van der Waals surface area contributed by atoms with E-state index in [4.69, 9.17) is 0 Å². The number of hydrogen-bond donors (Lipinski definition) is 1. The zero-order chi connectivity index (χ0) is 10.4. The standard InChI is InChI=1S/C13H25N/c1-5-12-10-13(12,6-2)11(12,3)8-7-9-14-4/h14H,5-10H2,1-4H3. The molecule has 0 saturated heterocycles. The van der Waals surface area contributed by atoms with Crippen LogP contribution < -0.4 is 5.32 Å². The molecule has 0 radical (unpaired) electrons. The Morgan fingerprint density at radius 1 is 1.14 bits per heavy atom. The summed E-state index contributed by atoms with van der Waals surface area (Å²) in [6.07, 6.45) is 7.16. The Hall–Kier alpha value is -0.0400. The lowest BCUT2D eigenvalue weighted by molar-refractivity contribution is 0.248. The highest BCUT2D eigenvalue weighted by molar-refractivity contribution is 5.41. The van der Waals surface area contributed by atoms with Crippen LogP contribution in [0.25, 0.3) is 0 Å². The fraction of sp³-hybridized carbons (Fsp3) is 1.00. The molecule has 1 nitrogen and oxygen atoms in total. The molecule has 14 heavy (non-hydrogen) atoms. The van der Waals surface area contributed by atoms with Crippen LogP contribution in [0.15, 0.2) is 0 Å². The number of hydrogen-bond acceptors (Lipinski definition) is 1. The van der Waals surface area contributed by atoms with Gasteiger partial charge in [-0.05, 0) is 61.9 Å². The Labute approximate surface area is 88.7 Å². The minimum absolute atomic E-state index is 0.709. The highest BCUT2D eigenvalue weighted by atomic mass is 15.0. The second-order valence-electron chi connectivity index (χ2n) is 5.59. The molecule has 0 bridgehead atoms. The lowest BCUT2D eigenvalue weighted by Crippen LogP contribution is -2.18. The molecular weight excluding hydrogens is 170 g/mol. The molecule has 2 aliphatic rings. The molecule has 82 valence electrons. The minimum Gasteiger partial charge on any atom is -0.320 e. The second-order valence-corrected chi connectivity index (χ2v) is 5.59. The van der Waals surface area contributed by atoms with Crippen molar-refractivity contribution in [1.29, 1.82) is 0 Å². The maximum Gasteiger partial charge on any atom is -0.00517 e. The van der Waals surface area contributed by atoms with E-state index in [1.54, 1.807) is 0 Å². The van der Waals surface area contributed by atoms with Crippen LogP contribution in [0.2, 0.25) is 0 Å². The molecule has 0 aromatic rings.